The molecule has 0 saturated heterocycles. The molecule has 0 unspecified atom stereocenters. The Hall–Kier alpha value is -1.88. The summed E-state index contributed by atoms with van der Waals surface area (Å²) in [7, 11) is 0. The summed E-state index contributed by atoms with van der Waals surface area (Å²) in [6.07, 6.45) is 0.913. The van der Waals surface area contributed by atoms with Crippen LogP contribution in [0.1, 0.15) is 27.7 Å². The number of nitrogens with one attached hydrogen (secondary N) is 1. The lowest BCUT2D eigenvalue weighted by Crippen LogP contribution is -2.22. The summed E-state index contributed by atoms with van der Waals surface area (Å²) in [6, 6.07) is 5.38. The molecule has 0 spiro atoms. The minimum Gasteiger partial charge on any atom is -0.507 e. The van der Waals surface area contributed by atoms with E-state index in [-0.39, 0.29) is 11.3 Å². The van der Waals surface area contributed by atoms with Crippen molar-refractivity contribution in [3.8, 4) is 5.75 Å². The van der Waals surface area contributed by atoms with Crippen LogP contribution in [0.4, 0.5) is 4.39 Å². The van der Waals surface area contributed by atoms with E-state index in [1.165, 1.54) is 11.6 Å². The van der Waals surface area contributed by atoms with E-state index in [1.807, 2.05) is 11.4 Å². The molecule has 1 aromatic carbocycles. The summed E-state index contributed by atoms with van der Waals surface area (Å²) in [6.45, 7) is 2.47. The van der Waals surface area contributed by atoms with Crippen LogP contribution >= 0.6 is 11.3 Å². The van der Waals surface area contributed by atoms with Gasteiger partial charge in [0, 0.05) is 10.9 Å². The Bertz CT molecular complexity index is 595. The number of rotatable bonds is 4. The largest absolute Gasteiger partial charge is 0.507 e. The molecule has 1 aromatic heterocycles. The molecule has 0 fully saturated rings. The topological polar surface area (TPSA) is 49.3 Å². The number of phenols is 1. The molecule has 0 atom stereocenters. The smallest absolute Gasteiger partial charge is 0.255 e. The second-order valence-electron chi connectivity index (χ2n) is 4.07. The highest BCUT2D eigenvalue weighted by molar-refractivity contribution is 7.10. The summed E-state index contributed by atoms with van der Waals surface area (Å²) in [5.74, 6) is -1.33. The van der Waals surface area contributed by atoms with Crippen molar-refractivity contribution in [1.29, 1.82) is 0 Å². The number of hydrogen-bond donors (Lipinski definition) is 2. The molecule has 0 saturated carbocycles. The minimum atomic E-state index is -0.569. The van der Waals surface area contributed by atoms with Gasteiger partial charge in [0.15, 0.2) is 0 Å². The number of carbonyl (C=O) groups is 1. The molecule has 2 aromatic rings. The van der Waals surface area contributed by atoms with Crippen LogP contribution in [0.3, 0.4) is 0 Å². The van der Waals surface area contributed by atoms with Gasteiger partial charge < -0.3 is 10.4 Å². The van der Waals surface area contributed by atoms with Crippen LogP contribution in [-0.4, -0.2) is 11.0 Å². The van der Waals surface area contributed by atoms with Gasteiger partial charge >= 0.3 is 0 Å². The van der Waals surface area contributed by atoms with Crippen LogP contribution in [0.2, 0.25) is 0 Å². The Morgan fingerprint density at radius 3 is 2.89 bits per heavy atom. The van der Waals surface area contributed by atoms with Crippen LogP contribution in [0.25, 0.3) is 0 Å². The van der Waals surface area contributed by atoms with Crippen molar-refractivity contribution >= 4 is 17.2 Å². The SMILES string of the molecule is CCc1ccsc1CNC(=O)c1ccc(F)cc1O. The Morgan fingerprint density at radius 1 is 1.42 bits per heavy atom. The molecule has 1 heterocycles. The predicted molar refractivity (Wildman–Crippen MR) is 72.9 cm³/mol. The molecule has 100 valence electrons. The monoisotopic (exact) mass is 279 g/mol. The first-order valence-electron chi connectivity index (χ1n) is 5.93. The Labute approximate surface area is 114 Å². The van der Waals surface area contributed by atoms with E-state index in [1.54, 1.807) is 11.3 Å². The molecule has 0 aliphatic rings. The summed E-state index contributed by atoms with van der Waals surface area (Å²) in [5, 5.41) is 14.2. The van der Waals surface area contributed by atoms with Gasteiger partial charge in [0.05, 0.1) is 12.1 Å². The number of thiophene rings is 1. The van der Waals surface area contributed by atoms with E-state index >= 15 is 0 Å². The second-order valence-corrected chi connectivity index (χ2v) is 5.07. The first-order valence-corrected chi connectivity index (χ1v) is 6.81. The molecule has 0 aliphatic heterocycles. The van der Waals surface area contributed by atoms with Crippen molar-refractivity contribution in [2.45, 2.75) is 19.9 Å². The first-order chi connectivity index (χ1) is 9.11. The molecular formula is C14H14FNO2S. The second kappa shape index (κ2) is 5.84. The minimum absolute atomic E-state index is 0.0796. The predicted octanol–water partition coefficient (Wildman–Crippen LogP) is 3.09. The van der Waals surface area contributed by atoms with E-state index in [2.05, 4.69) is 12.2 Å². The molecule has 0 aliphatic carbocycles. The van der Waals surface area contributed by atoms with Gasteiger partial charge in [-0.1, -0.05) is 6.92 Å². The number of amides is 1. The Kier molecular flexibility index (Phi) is 4.16. The number of hydrogen-bond acceptors (Lipinski definition) is 3. The summed E-state index contributed by atoms with van der Waals surface area (Å²) in [4.78, 5) is 13.0. The summed E-state index contributed by atoms with van der Waals surface area (Å²) in [5.41, 5.74) is 1.28. The number of benzene rings is 1. The molecule has 2 N–H and O–H groups in total. The van der Waals surface area contributed by atoms with E-state index < -0.39 is 11.7 Å². The van der Waals surface area contributed by atoms with Crippen molar-refractivity contribution in [2.75, 3.05) is 0 Å². The van der Waals surface area contributed by atoms with E-state index in [9.17, 15) is 14.3 Å². The van der Waals surface area contributed by atoms with Crippen molar-refractivity contribution < 1.29 is 14.3 Å². The Morgan fingerprint density at radius 2 is 2.21 bits per heavy atom. The number of aromatic hydroxyl groups is 1. The van der Waals surface area contributed by atoms with Crippen LogP contribution in [-0.2, 0) is 13.0 Å². The van der Waals surface area contributed by atoms with Crippen LogP contribution in [0.15, 0.2) is 29.6 Å². The van der Waals surface area contributed by atoms with Crippen molar-refractivity contribution in [1.82, 2.24) is 5.32 Å². The fourth-order valence-corrected chi connectivity index (χ4v) is 2.71. The molecule has 2 rings (SSSR count). The third kappa shape index (κ3) is 3.12. The number of aryl methyl sites for hydroxylation is 1. The Balaban J connectivity index is 2.05. The molecule has 0 bridgehead atoms. The van der Waals surface area contributed by atoms with Gasteiger partial charge in [-0.25, -0.2) is 4.39 Å². The van der Waals surface area contributed by atoms with Crippen LogP contribution < -0.4 is 5.32 Å². The molecule has 0 radical (unpaired) electrons. The van der Waals surface area contributed by atoms with Gasteiger partial charge in [-0.3, -0.25) is 4.79 Å². The molecule has 19 heavy (non-hydrogen) atoms. The zero-order chi connectivity index (χ0) is 13.8. The summed E-state index contributed by atoms with van der Waals surface area (Å²) >= 11 is 1.58. The standard InChI is InChI=1S/C14H14FNO2S/c1-2-9-5-6-19-13(9)8-16-14(18)11-4-3-10(15)7-12(11)17/h3-7,17H,2,8H2,1H3,(H,16,18). The van der Waals surface area contributed by atoms with Crippen molar-refractivity contribution in [3.63, 3.8) is 0 Å². The molecule has 1 amide bonds. The number of halogens is 1. The lowest BCUT2D eigenvalue weighted by atomic mass is 10.1. The van der Waals surface area contributed by atoms with Gasteiger partial charge in [-0.2, -0.15) is 0 Å². The van der Waals surface area contributed by atoms with E-state index in [0.717, 1.165) is 23.4 Å². The molecule has 5 heteroatoms. The molecular weight excluding hydrogens is 265 g/mol. The lowest BCUT2D eigenvalue weighted by molar-refractivity contribution is 0.0948. The average Bonchev–Trinajstić information content (AvgIpc) is 2.83. The van der Waals surface area contributed by atoms with Gasteiger partial charge in [0.25, 0.3) is 5.91 Å². The maximum atomic E-state index is 12.8. The average molecular weight is 279 g/mol. The molecule has 3 nitrogen and oxygen atoms in total. The van der Waals surface area contributed by atoms with Crippen LogP contribution in [0.5, 0.6) is 5.75 Å². The third-order valence-corrected chi connectivity index (χ3v) is 3.80. The highest BCUT2D eigenvalue weighted by atomic mass is 32.1. The van der Waals surface area contributed by atoms with Crippen LogP contribution in [0, 0.1) is 5.82 Å². The summed E-state index contributed by atoms with van der Waals surface area (Å²) < 4.78 is 12.8. The van der Waals surface area contributed by atoms with E-state index in [0.29, 0.717) is 6.54 Å². The fraction of sp³-hybridized carbons (Fsp3) is 0.214. The third-order valence-electron chi connectivity index (χ3n) is 2.83. The van der Waals surface area contributed by atoms with Crippen molar-refractivity contribution in [2.24, 2.45) is 0 Å². The normalized spacial score (nSPS) is 10.4. The zero-order valence-corrected chi connectivity index (χ0v) is 11.3. The number of carbonyl (C=O) groups excluding carboxylic acids is 1. The quantitative estimate of drug-likeness (QED) is 0.903. The van der Waals surface area contributed by atoms with Crippen molar-refractivity contribution in [3.05, 3.63) is 51.5 Å². The highest BCUT2D eigenvalue weighted by Crippen LogP contribution is 2.20. The van der Waals surface area contributed by atoms with Gasteiger partial charge in [-0.15, -0.1) is 11.3 Å². The zero-order valence-electron chi connectivity index (χ0n) is 10.4. The maximum Gasteiger partial charge on any atom is 0.255 e. The van der Waals surface area contributed by atoms with Gasteiger partial charge in [0.1, 0.15) is 11.6 Å². The van der Waals surface area contributed by atoms with E-state index in [4.69, 9.17) is 0 Å². The number of phenolic OH excluding ortho intramolecular Hbond substituents is 1. The highest BCUT2D eigenvalue weighted by Gasteiger charge is 2.12. The fourth-order valence-electron chi connectivity index (χ4n) is 1.79. The van der Waals surface area contributed by atoms with Gasteiger partial charge in [0.2, 0.25) is 0 Å². The first kappa shape index (κ1) is 13.5. The van der Waals surface area contributed by atoms with Gasteiger partial charge in [-0.05, 0) is 35.6 Å². The maximum absolute atomic E-state index is 12.8. The lowest BCUT2D eigenvalue weighted by Gasteiger charge is -2.07.